The number of hydrogen-bond donors (Lipinski definition) is 3. The minimum absolute atomic E-state index is 0. The highest BCUT2D eigenvalue weighted by atomic mass is 127. The van der Waals surface area contributed by atoms with Crippen LogP contribution in [0.25, 0.3) is 11.0 Å². The summed E-state index contributed by atoms with van der Waals surface area (Å²) in [6.07, 6.45) is 3.33. The normalized spacial score (nSPS) is 11.2. The predicted molar refractivity (Wildman–Crippen MR) is 139 cm³/mol. The second-order valence-electron chi connectivity index (χ2n) is 7.00. The highest BCUT2D eigenvalue weighted by Crippen LogP contribution is 2.17. The van der Waals surface area contributed by atoms with Gasteiger partial charge in [-0.25, -0.2) is 9.97 Å². The average Bonchev–Trinajstić information content (AvgIpc) is 3.14. The summed E-state index contributed by atoms with van der Waals surface area (Å²) >= 11 is 0. The van der Waals surface area contributed by atoms with Crippen LogP contribution in [0.3, 0.4) is 0 Å². The molecule has 0 unspecified atom stereocenters. The molecule has 0 aliphatic rings. The van der Waals surface area contributed by atoms with E-state index >= 15 is 0 Å². The fraction of sp³-hybridized carbons (Fsp3) is 0.429. The van der Waals surface area contributed by atoms with Crippen molar-refractivity contribution in [1.82, 2.24) is 30.4 Å². The van der Waals surface area contributed by atoms with Gasteiger partial charge in [-0.15, -0.1) is 24.0 Å². The van der Waals surface area contributed by atoms with Crippen molar-refractivity contribution >= 4 is 52.5 Å². The molecule has 0 saturated heterocycles. The van der Waals surface area contributed by atoms with E-state index < -0.39 is 0 Å². The number of aromatic nitrogens is 4. The van der Waals surface area contributed by atoms with Crippen molar-refractivity contribution in [2.75, 3.05) is 50.0 Å². The van der Waals surface area contributed by atoms with E-state index in [0.717, 1.165) is 42.4 Å². The van der Waals surface area contributed by atoms with Crippen molar-refractivity contribution in [1.29, 1.82) is 0 Å². The van der Waals surface area contributed by atoms with E-state index in [2.05, 4.69) is 79.0 Å². The van der Waals surface area contributed by atoms with Crippen LogP contribution < -0.4 is 20.9 Å². The van der Waals surface area contributed by atoms with Crippen LogP contribution in [0.1, 0.15) is 12.5 Å². The summed E-state index contributed by atoms with van der Waals surface area (Å²) < 4.78 is 1.74. The maximum Gasteiger partial charge on any atom is 0.191 e. The molecule has 168 valence electrons. The zero-order valence-electron chi connectivity index (χ0n) is 18.6. The monoisotopic (exact) mass is 537 g/mol. The van der Waals surface area contributed by atoms with Crippen molar-refractivity contribution in [3.63, 3.8) is 0 Å². The minimum atomic E-state index is 0. The average molecular weight is 537 g/mol. The molecule has 0 fully saturated rings. The highest BCUT2D eigenvalue weighted by Gasteiger charge is 2.07. The van der Waals surface area contributed by atoms with Crippen LogP contribution in [0.4, 0.5) is 11.5 Å². The number of guanidine groups is 1. The van der Waals surface area contributed by atoms with Crippen molar-refractivity contribution < 1.29 is 0 Å². The number of benzene rings is 1. The SMILES string of the molecule is CCN(CCNC(=NC)NCCNc1ncnc2c1cnn2C)c1cccc(C)c1.I. The molecule has 3 aromatic rings. The largest absolute Gasteiger partial charge is 0.370 e. The van der Waals surface area contributed by atoms with Crippen LogP contribution in [-0.2, 0) is 7.05 Å². The number of hydrogen-bond acceptors (Lipinski definition) is 6. The van der Waals surface area contributed by atoms with E-state index in [1.165, 1.54) is 11.3 Å². The molecule has 10 heteroatoms. The van der Waals surface area contributed by atoms with E-state index in [1.54, 1.807) is 24.3 Å². The molecule has 31 heavy (non-hydrogen) atoms. The van der Waals surface area contributed by atoms with Crippen LogP contribution in [-0.4, -0.2) is 65.5 Å². The van der Waals surface area contributed by atoms with E-state index in [1.807, 2.05) is 7.05 Å². The van der Waals surface area contributed by atoms with Gasteiger partial charge in [-0.2, -0.15) is 5.10 Å². The third-order valence-corrected chi connectivity index (χ3v) is 4.89. The Kier molecular flexibility index (Phi) is 9.76. The summed E-state index contributed by atoms with van der Waals surface area (Å²) in [7, 11) is 3.65. The molecule has 3 rings (SSSR count). The van der Waals surface area contributed by atoms with Gasteiger partial charge in [-0.1, -0.05) is 12.1 Å². The van der Waals surface area contributed by atoms with Gasteiger partial charge in [0.05, 0.1) is 11.6 Å². The number of halogens is 1. The molecule has 0 saturated carbocycles. The lowest BCUT2D eigenvalue weighted by Gasteiger charge is -2.24. The van der Waals surface area contributed by atoms with Crippen LogP contribution in [0.2, 0.25) is 0 Å². The molecule has 3 N–H and O–H groups in total. The molecule has 0 spiro atoms. The Bertz CT molecular complexity index is 986. The third-order valence-electron chi connectivity index (χ3n) is 4.89. The van der Waals surface area contributed by atoms with Crippen LogP contribution in [0, 0.1) is 6.92 Å². The molecule has 0 aliphatic heterocycles. The van der Waals surface area contributed by atoms with Crippen molar-refractivity contribution in [2.45, 2.75) is 13.8 Å². The van der Waals surface area contributed by atoms with Gasteiger partial charge >= 0.3 is 0 Å². The zero-order chi connectivity index (χ0) is 21.3. The molecule has 1 aromatic carbocycles. The van der Waals surface area contributed by atoms with Crippen LogP contribution in [0.15, 0.2) is 41.8 Å². The summed E-state index contributed by atoms with van der Waals surface area (Å²) in [6, 6.07) is 8.59. The number of aryl methyl sites for hydroxylation is 2. The Morgan fingerprint density at radius 3 is 2.71 bits per heavy atom. The predicted octanol–water partition coefficient (Wildman–Crippen LogP) is 2.39. The summed E-state index contributed by atoms with van der Waals surface area (Å²) in [5.41, 5.74) is 3.33. The Balaban J connectivity index is 0.00000341. The van der Waals surface area contributed by atoms with E-state index in [0.29, 0.717) is 13.1 Å². The van der Waals surface area contributed by atoms with E-state index in [4.69, 9.17) is 0 Å². The van der Waals surface area contributed by atoms with Gasteiger partial charge in [0, 0.05) is 52.5 Å². The lowest BCUT2D eigenvalue weighted by molar-refractivity contribution is 0.752. The molecular formula is C21H32IN9. The number of nitrogens with zero attached hydrogens (tertiary/aromatic N) is 6. The van der Waals surface area contributed by atoms with Crippen LogP contribution in [0.5, 0.6) is 0 Å². The molecule has 2 aromatic heterocycles. The molecule has 0 atom stereocenters. The molecule has 0 amide bonds. The molecule has 0 bridgehead atoms. The lowest BCUT2D eigenvalue weighted by Crippen LogP contribution is -2.43. The second kappa shape index (κ2) is 12.3. The number of nitrogens with one attached hydrogen (secondary N) is 3. The van der Waals surface area contributed by atoms with Crippen molar-refractivity contribution in [3.8, 4) is 0 Å². The Morgan fingerprint density at radius 1 is 1.16 bits per heavy atom. The smallest absolute Gasteiger partial charge is 0.191 e. The van der Waals surface area contributed by atoms with Gasteiger partial charge in [0.15, 0.2) is 11.6 Å². The second-order valence-corrected chi connectivity index (χ2v) is 7.00. The van der Waals surface area contributed by atoms with Gasteiger partial charge in [-0.05, 0) is 31.5 Å². The van der Waals surface area contributed by atoms with Crippen LogP contribution >= 0.6 is 24.0 Å². The fourth-order valence-electron chi connectivity index (χ4n) is 3.29. The first-order chi connectivity index (χ1) is 14.6. The molecular weight excluding hydrogens is 505 g/mol. The molecule has 0 radical (unpaired) electrons. The Labute approximate surface area is 200 Å². The minimum Gasteiger partial charge on any atom is -0.370 e. The van der Waals surface area contributed by atoms with Gasteiger partial charge < -0.3 is 20.9 Å². The number of fused-ring (bicyclic) bond motifs is 1. The summed E-state index contributed by atoms with van der Waals surface area (Å²) in [5.74, 6) is 1.57. The summed E-state index contributed by atoms with van der Waals surface area (Å²) in [5, 5.41) is 15.2. The van der Waals surface area contributed by atoms with E-state index in [9.17, 15) is 0 Å². The first-order valence-corrected chi connectivity index (χ1v) is 10.2. The first-order valence-electron chi connectivity index (χ1n) is 10.2. The maximum absolute atomic E-state index is 4.32. The quantitative estimate of drug-likeness (QED) is 0.167. The van der Waals surface area contributed by atoms with Crippen molar-refractivity contribution in [2.24, 2.45) is 12.0 Å². The number of anilines is 2. The fourth-order valence-corrected chi connectivity index (χ4v) is 3.29. The standard InChI is InChI=1S/C21H31N9.HI/c1-5-30(17-8-6-7-16(2)13-17)12-11-25-21(22-3)24-10-9-23-19-18-14-28-29(4)20(18)27-15-26-19;/h6-8,13-15H,5,9-12H2,1-4H3,(H2,22,24,25)(H,23,26,27);1H. The summed E-state index contributed by atoms with van der Waals surface area (Å²) in [4.78, 5) is 15.2. The Morgan fingerprint density at radius 2 is 1.97 bits per heavy atom. The molecule has 2 heterocycles. The zero-order valence-corrected chi connectivity index (χ0v) is 20.9. The van der Waals surface area contributed by atoms with E-state index in [-0.39, 0.29) is 24.0 Å². The molecule has 0 aliphatic carbocycles. The number of aliphatic imine (C=N–C) groups is 1. The summed E-state index contributed by atoms with van der Waals surface area (Å²) in [6.45, 7) is 8.37. The highest BCUT2D eigenvalue weighted by molar-refractivity contribution is 14.0. The lowest BCUT2D eigenvalue weighted by atomic mass is 10.2. The van der Waals surface area contributed by atoms with Gasteiger partial charge in [0.2, 0.25) is 0 Å². The number of likely N-dealkylation sites (N-methyl/N-ethyl adjacent to an activating group) is 1. The van der Waals surface area contributed by atoms with Gasteiger partial charge in [0.25, 0.3) is 0 Å². The molecule has 9 nitrogen and oxygen atoms in total. The Hall–Kier alpha value is -2.63. The first kappa shape index (κ1) is 24.6. The third kappa shape index (κ3) is 6.68. The van der Waals surface area contributed by atoms with Gasteiger partial charge in [0.1, 0.15) is 12.1 Å². The number of rotatable bonds is 9. The maximum atomic E-state index is 4.32. The van der Waals surface area contributed by atoms with Gasteiger partial charge in [-0.3, -0.25) is 9.67 Å². The topological polar surface area (TPSA) is 95.3 Å². The van der Waals surface area contributed by atoms with Crippen molar-refractivity contribution in [3.05, 3.63) is 42.4 Å².